The Labute approximate surface area is 124 Å². The molecule has 0 heterocycles. The van der Waals surface area contributed by atoms with E-state index >= 15 is 0 Å². The molecule has 2 aromatic rings. The number of ketones is 1. The smallest absolute Gasteiger partial charge is 0.165 e. The van der Waals surface area contributed by atoms with E-state index in [1.807, 2.05) is 42.5 Å². The Morgan fingerprint density at radius 3 is 2.10 bits per heavy atom. The SMILES string of the molecule is COc1ccc(-c2ccc(C(=O)C3CC3)cc2)cc1OC. The number of methoxy groups -OCH3 is 2. The Bertz CT molecular complexity index is 655. The highest BCUT2D eigenvalue weighted by Crippen LogP contribution is 2.34. The van der Waals surface area contributed by atoms with Crippen LogP contribution in [0.5, 0.6) is 11.5 Å². The van der Waals surface area contributed by atoms with E-state index in [1.165, 1.54) is 0 Å². The van der Waals surface area contributed by atoms with Crippen LogP contribution in [0.2, 0.25) is 0 Å². The van der Waals surface area contributed by atoms with Crippen molar-refractivity contribution < 1.29 is 14.3 Å². The van der Waals surface area contributed by atoms with E-state index in [9.17, 15) is 4.79 Å². The molecule has 0 N–H and O–H groups in total. The molecule has 1 fully saturated rings. The van der Waals surface area contributed by atoms with Gasteiger partial charge in [0, 0.05) is 11.5 Å². The first-order valence-electron chi connectivity index (χ1n) is 7.09. The molecule has 0 saturated heterocycles. The molecule has 0 radical (unpaired) electrons. The molecule has 0 aromatic heterocycles. The van der Waals surface area contributed by atoms with E-state index < -0.39 is 0 Å². The number of benzene rings is 2. The molecule has 1 aliphatic carbocycles. The van der Waals surface area contributed by atoms with Gasteiger partial charge in [-0.25, -0.2) is 0 Å². The molecule has 3 heteroatoms. The monoisotopic (exact) mass is 282 g/mol. The zero-order valence-corrected chi connectivity index (χ0v) is 12.3. The zero-order valence-electron chi connectivity index (χ0n) is 12.3. The van der Waals surface area contributed by atoms with Crippen molar-refractivity contribution in [3.8, 4) is 22.6 Å². The zero-order chi connectivity index (χ0) is 14.8. The standard InChI is InChI=1S/C18H18O3/c1-20-16-10-9-15(11-17(16)21-2)12-3-5-13(6-4-12)18(19)14-7-8-14/h3-6,9-11,14H,7-8H2,1-2H3. The van der Waals surface area contributed by atoms with Gasteiger partial charge in [-0.2, -0.15) is 0 Å². The Morgan fingerprint density at radius 1 is 0.905 bits per heavy atom. The number of ether oxygens (including phenoxy) is 2. The number of hydrogen-bond acceptors (Lipinski definition) is 3. The summed E-state index contributed by atoms with van der Waals surface area (Å²) >= 11 is 0. The highest BCUT2D eigenvalue weighted by atomic mass is 16.5. The minimum Gasteiger partial charge on any atom is -0.493 e. The van der Waals surface area contributed by atoms with Crippen LogP contribution in [0.15, 0.2) is 42.5 Å². The predicted octanol–water partition coefficient (Wildman–Crippen LogP) is 3.96. The van der Waals surface area contributed by atoms with Crippen LogP contribution in [0.1, 0.15) is 23.2 Å². The van der Waals surface area contributed by atoms with Crippen LogP contribution in [0.4, 0.5) is 0 Å². The van der Waals surface area contributed by atoms with Gasteiger partial charge in [0.1, 0.15) is 0 Å². The lowest BCUT2D eigenvalue weighted by Gasteiger charge is -2.10. The van der Waals surface area contributed by atoms with Gasteiger partial charge in [-0.05, 0) is 36.1 Å². The highest BCUT2D eigenvalue weighted by Gasteiger charge is 2.30. The Kier molecular flexibility index (Phi) is 3.65. The van der Waals surface area contributed by atoms with Crippen LogP contribution in [-0.2, 0) is 0 Å². The third kappa shape index (κ3) is 2.77. The number of carbonyl (C=O) groups excluding carboxylic acids is 1. The topological polar surface area (TPSA) is 35.5 Å². The molecule has 3 nitrogen and oxygen atoms in total. The Hall–Kier alpha value is -2.29. The van der Waals surface area contributed by atoms with E-state index in [0.29, 0.717) is 11.5 Å². The van der Waals surface area contributed by atoms with Crippen molar-refractivity contribution in [2.24, 2.45) is 5.92 Å². The van der Waals surface area contributed by atoms with Crippen molar-refractivity contribution in [3.63, 3.8) is 0 Å². The summed E-state index contributed by atoms with van der Waals surface area (Å²) in [6.07, 6.45) is 2.08. The second-order valence-electron chi connectivity index (χ2n) is 5.29. The van der Waals surface area contributed by atoms with Crippen molar-refractivity contribution in [2.45, 2.75) is 12.8 Å². The molecule has 1 aliphatic rings. The second kappa shape index (κ2) is 5.60. The van der Waals surface area contributed by atoms with E-state index in [4.69, 9.17) is 9.47 Å². The van der Waals surface area contributed by atoms with Crippen molar-refractivity contribution >= 4 is 5.78 Å². The summed E-state index contributed by atoms with van der Waals surface area (Å²) in [6, 6.07) is 13.6. The summed E-state index contributed by atoms with van der Waals surface area (Å²) < 4.78 is 10.6. The summed E-state index contributed by atoms with van der Waals surface area (Å²) in [5, 5.41) is 0. The fourth-order valence-corrected chi connectivity index (χ4v) is 2.42. The van der Waals surface area contributed by atoms with Gasteiger partial charge >= 0.3 is 0 Å². The van der Waals surface area contributed by atoms with Gasteiger partial charge in [-0.1, -0.05) is 30.3 Å². The van der Waals surface area contributed by atoms with Gasteiger partial charge < -0.3 is 9.47 Å². The predicted molar refractivity (Wildman–Crippen MR) is 82.0 cm³/mol. The fourth-order valence-electron chi connectivity index (χ4n) is 2.42. The van der Waals surface area contributed by atoms with Gasteiger partial charge in [0.05, 0.1) is 14.2 Å². The summed E-state index contributed by atoms with van der Waals surface area (Å²) in [5.74, 6) is 1.95. The molecular formula is C18H18O3. The third-order valence-corrected chi connectivity index (χ3v) is 3.83. The van der Waals surface area contributed by atoms with Crippen LogP contribution >= 0.6 is 0 Å². The molecule has 2 aromatic carbocycles. The normalized spacial score (nSPS) is 13.8. The number of Topliss-reactive ketones (excluding diaryl/α,β-unsaturated/α-hetero) is 1. The average molecular weight is 282 g/mol. The van der Waals surface area contributed by atoms with Crippen LogP contribution in [-0.4, -0.2) is 20.0 Å². The van der Waals surface area contributed by atoms with Crippen molar-refractivity contribution in [1.29, 1.82) is 0 Å². The summed E-state index contributed by atoms with van der Waals surface area (Å²) in [7, 11) is 3.24. The first kappa shape index (κ1) is 13.7. The van der Waals surface area contributed by atoms with Crippen molar-refractivity contribution in [3.05, 3.63) is 48.0 Å². The van der Waals surface area contributed by atoms with Crippen LogP contribution in [0, 0.1) is 5.92 Å². The van der Waals surface area contributed by atoms with Gasteiger partial charge in [-0.3, -0.25) is 4.79 Å². The van der Waals surface area contributed by atoms with Crippen molar-refractivity contribution in [1.82, 2.24) is 0 Å². The first-order valence-corrected chi connectivity index (χ1v) is 7.09. The van der Waals surface area contributed by atoms with Crippen LogP contribution in [0.25, 0.3) is 11.1 Å². The molecule has 0 unspecified atom stereocenters. The van der Waals surface area contributed by atoms with E-state index in [1.54, 1.807) is 14.2 Å². The lowest BCUT2D eigenvalue weighted by molar-refractivity contribution is 0.0967. The third-order valence-electron chi connectivity index (χ3n) is 3.83. The minimum absolute atomic E-state index is 0.261. The van der Waals surface area contributed by atoms with Gasteiger partial charge in [0.25, 0.3) is 0 Å². The Balaban J connectivity index is 1.88. The average Bonchev–Trinajstić information content (AvgIpc) is 3.38. The molecule has 0 atom stereocenters. The molecule has 1 saturated carbocycles. The quantitative estimate of drug-likeness (QED) is 0.779. The van der Waals surface area contributed by atoms with Crippen molar-refractivity contribution in [2.75, 3.05) is 14.2 Å². The number of rotatable bonds is 5. The molecule has 3 rings (SSSR count). The number of carbonyl (C=O) groups is 1. The van der Waals surface area contributed by atoms with Gasteiger partial charge in [-0.15, -0.1) is 0 Å². The van der Waals surface area contributed by atoms with Gasteiger partial charge in [0.2, 0.25) is 0 Å². The lowest BCUT2D eigenvalue weighted by atomic mass is 10.0. The maximum absolute atomic E-state index is 12.0. The molecule has 0 amide bonds. The molecule has 0 spiro atoms. The largest absolute Gasteiger partial charge is 0.493 e. The van der Waals surface area contributed by atoms with E-state index in [0.717, 1.165) is 29.5 Å². The molecule has 21 heavy (non-hydrogen) atoms. The molecule has 108 valence electrons. The first-order chi connectivity index (χ1) is 10.2. The van der Waals surface area contributed by atoms with Gasteiger partial charge in [0.15, 0.2) is 17.3 Å². The van der Waals surface area contributed by atoms with E-state index in [2.05, 4.69) is 0 Å². The number of hydrogen-bond donors (Lipinski definition) is 0. The lowest BCUT2D eigenvalue weighted by Crippen LogP contribution is -2.00. The fraction of sp³-hybridized carbons (Fsp3) is 0.278. The second-order valence-corrected chi connectivity index (χ2v) is 5.29. The Morgan fingerprint density at radius 2 is 1.52 bits per heavy atom. The minimum atomic E-state index is 0.261. The van der Waals surface area contributed by atoms with E-state index in [-0.39, 0.29) is 11.7 Å². The van der Waals surface area contributed by atoms with Crippen LogP contribution in [0.3, 0.4) is 0 Å². The van der Waals surface area contributed by atoms with Crippen LogP contribution < -0.4 is 9.47 Å². The molecule has 0 bridgehead atoms. The maximum atomic E-state index is 12.0. The molecular weight excluding hydrogens is 264 g/mol. The molecule has 0 aliphatic heterocycles. The highest BCUT2D eigenvalue weighted by molar-refractivity contribution is 5.99. The summed E-state index contributed by atoms with van der Waals surface area (Å²) in [4.78, 5) is 12.0. The maximum Gasteiger partial charge on any atom is 0.165 e. The summed E-state index contributed by atoms with van der Waals surface area (Å²) in [5.41, 5.74) is 2.91. The summed E-state index contributed by atoms with van der Waals surface area (Å²) in [6.45, 7) is 0.